The number of allylic oxidation sites excluding steroid dienone is 4. The number of aryl methyl sites for hydroxylation is 1. The number of alkyl halides is 1. The molecule has 1 saturated carbocycles. The maximum Gasteiger partial charge on any atom is 0.128 e. The van der Waals surface area contributed by atoms with Gasteiger partial charge in [-0.15, -0.1) is 6.58 Å². The lowest BCUT2D eigenvalue weighted by Gasteiger charge is -2.19. The molecule has 20 heavy (non-hydrogen) atoms. The molecule has 104 valence electrons. The summed E-state index contributed by atoms with van der Waals surface area (Å²) in [5.74, 6) is 0. The summed E-state index contributed by atoms with van der Waals surface area (Å²) in [6.45, 7) is 7.63. The van der Waals surface area contributed by atoms with Gasteiger partial charge in [0.1, 0.15) is 6.17 Å². The highest BCUT2D eigenvalue weighted by Crippen LogP contribution is 2.57. The maximum atomic E-state index is 14.2. The van der Waals surface area contributed by atoms with Crippen LogP contribution in [0.3, 0.4) is 0 Å². The van der Waals surface area contributed by atoms with E-state index in [2.05, 4.69) is 29.5 Å². The normalized spacial score (nSPS) is 21.1. The third kappa shape index (κ3) is 2.11. The van der Waals surface area contributed by atoms with Crippen molar-refractivity contribution in [3.63, 3.8) is 0 Å². The first-order valence-electron chi connectivity index (χ1n) is 7.04. The lowest BCUT2D eigenvalue weighted by Crippen LogP contribution is -2.16. The third-order valence-corrected chi connectivity index (χ3v) is 4.24. The zero-order valence-electron chi connectivity index (χ0n) is 12.0. The second kappa shape index (κ2) is 4.65. The zero-order valence-corrected chi connectivity index (χ0v) is 12.0. The predicted molar refractivity (Wildman–Crippen MR) is 79.0 cm³/mol. The molecule has 0 aliphatic heterocycles. The average molecular weight is 270 g/mol. The molecule has 0 aromatic carbocycles. The van der Waals surface area contributed by atoms with Gasteiger partial charge in [-0.05, 0) is 38.3 Å². The Morgan fingerprint density at radius 1 is 1.35 bits per heavy atom. The summed E-state index contributed by atoms with van der Waals surface area (Å²) in [6.07, 6.45) is 8.87. The Morgan fingerprint density at radius 2 is 2.10 bits per heavy atom. The van der Waals surface area contributed by atoms with Crippen LogP contribution in [0.25, 0.3) is 6.08 Å². The van der Waals surface area contributed by atoms with E-state index in [9.17, 15) is 4.39 Å². The van der Waals surface area contributed by atoms with Crippen LogP contribution < -0.4 is 0 Å². The number of nitrogens with zero attached hydrogens (tertiary/aromatic N) is 2. The van der Waals surface area contributed by atoms with E-state index in [-0.39, 0.29) is 5.41 Å². The highest BCUT2D eigenvalue weighted by Gasteiger charge is 2.51. The molecular weight excluding hydrogens is 251 g/mol. The summed E-state index contributed by atoms with van der Waals surface area (Å²) >= 11 is 0. The molecule has 0 N–H and O–H groups in total. The van der Waals surface area contributed by atoms with Crippen molar-refractivity contribution in [2.45, 2.75) is 39.3 Å². The van der Waals surface area contributed by atoms with E-state index in [0.29, 0.717) is 0 Å². The monoisotopic (exact) mass is 270 g/mol. The van der Waals surface area contributed by atoms with E-state index in [1.807, 2.05) is 13.0 Å². The molecule has 2 nitrogen and oxygen atoms in total. The summed E-state index contributed by atoms with van der Waals surface area (Å²) in [5.41, 5.74) is 4.65. The molecule has 0 saturated heterocycles. The summed E-state index contributed by atoms with van der Waals surface area (Å²) in [4.78, 5) is 9.03. The minimum atomic E-state index is -0.988. The lowest BCUT2D eigenvalue weighted by molar-refractivity contribution is 0.299. The lowest BCUT2D eigenvalue weighted by atomic mass is 9.89. The van der Waals surface area contributed by atoms with E-state index in [1.165, 1.54) is 11.6 Å². The fourth-order valence-corrected chi connectivity index (χ4v) is 2.93. The zero-order chi connectivity index (χ0) is 14.3. The fourth-order valence-electron chi connectivity index (χ4n) is 2.93. The largest absolute Gasteiger partial charge is 0.254 e. The molecule has 0 radical (unpaired) electrons. The van der Waals surface area contributed by atoms with Crippen molar-refractivity contribution in [3.8, 4) is 0 Å². The molecule has 0 amide bonds. The van der Waals surface area contributed by atoms with Crippen molar-refractivity contribution in [1.29, 1.82) is 0 Å². The predicted octanol–water partition coefficient (Wildman–Crippen LogP) is 3.98. The third-order valence-electron chi connectivity index (χ3n) is 4.24. The van der Waals surface area contributed by atoms with Gasteiger partial charge >= 0.3 is 0 Å². The van der Waals surface area contributed by atoms with Crippen molar-refractivity contribution in [2.24, 2.45) is 5.41 Å². The molecule has 1 unspecified atom stereocenters. The van der Waals surface area contributed by atoms with Crippen LogP contribution in [0.1, 0.15) is 36.8 Å². The maximum absolute atomic E-state index is 14.2. The van der Waals surface area contributed by atoms with E-state index < -0.39 is 6.17 Å². The number of fused-ring (bicyclic) bond motifs is 1. The van der Waals surface area contributed by atoms with Crippen LogP contribution in [-0.4, -0.2) is 16.1 Å². The Labute approximate surface area is 119 Å². The van der Waals surface area contributed by atoms with Crippen molar-refractivity contribution in [1.82, 2.24) is 9.97 Å². The number of hydrogen-bond acceptors (Lipinski definition) is 2. The van der Waals surface area contributed by atoms with Crippen molar-refractivity contribution >= 4 is 6.08 Å². The average Bonchev–Trinajstić information content (AvgIpc) is 3.21. The van der Waals surface area contributed by atoms with Gasteiger partial charge in [0, 0.05) is 18.0 Å². The molecule has 3 heteroatoms. The Balaban J connectivity index is 2.09. The molecule has 1 aromatic heterocycles. The van der Waals surface area contributed by atoms with Crippen LogP contribution in [0.5, 0.6) is 0 Å². The highest BCUT2D eigenvalue weighted by molar-refractivity contribution is 5.61. The number of rotatable bonds is 3. The molecule has 1 heterocycles. The van der Waals surface area contributed by atoms with Gasteiger partial charge in [-0.3, -0.25) is 9.97 Å². The Bertz CT molecular complexity index is 624. The van der Waals surface area contributed by atoms with E-state index in [1.54, 1.807) is 6.20 Å². The van der Waals surface area contributed by atoms with Crippen LogP contribution in [0.4, 0.5) is 4.39 Å². The molecule has 2 aliphatic rings. The Kier molecular flexibility index (Phi) is 3.08. The number of halogens is 1. The molecule has 3 rings (SSSR count). The number of hydrogen-bond donors (Lipinski definition) is 0. The molecule has 1 atom stereocenters. The highest BCUT2D eigenvalue weighted by atomic mass is 19.1. The topological polar surface area (TPSA) is 25.8 Å². The quantitative estimate of drug-likeness (QED) is 0.776. The first-order valence-corrected chi connectivity index (χ1v) is 7.04. The van der Waals surface area contributed by atoms with Gasteiger partial charge in [0.05, 0.1) is 17.1 Å². The SMILES string of the molecule is C=CC(F)C1(C2=Cc3ncc(C)nc3CC(C)=C2)CC1. The van der Waals surface area contributed by atoms with Gasteiger partial charge in [0.25, 0.3) is 0 Å². The van der Waals surface area contributed by atoms with Gasteiger partial charge in [-0.1, -0.05) is 17.7 Å². The summed E-state index contributed by atoms with van der Waals surface area (Å²) in [5, 5.41) is 0. The van der Waals surface area contributed by atoms with E-state index in [4.69, 9.17) is 0 Å². The molecular formula is C17H19FN2. The van der Waals surface area contributed by atoms with Crippen LogP contribution in [0.15, 0.2) is 36.1 Å². The van der Waals surface area contributed by atoms with Crippen molar-refractivity contribution < 1.29 is 4.39 Å². The van der Waals surface area contributed by atoms with E-state index >= 15 is 0 Å². The van der Waals surface area contributed by atoms with Crippen LogP contribution in [0, 0.1) is 12.3 Å². The summed E-state index contributed by atoms with van der Waals surface area (Å²) < 4.78 is 14.2. The fraction of sp³-hybridized carbons (Fsp3) is 0.412. The minimum Gasteiger partial charge on any atom is -0.254 e. The van der Waals surface area contributed by atoms with Crippen molar-refractivity contribution in [2.75, 3.05) is 0 Å². The summed E-state index contributed by atoms with van der Waals surface area (Å²) in [6, 6.07) is 0. The molecule has 0 bridgehead atoms. The Morgan fingerprint density at radius 3 is 2.75 bits per heavy atom. The Hall–Kier alpha value is -1.77. The van der Waals surface area contributed by atoms with Gasteiger partial charge in [0.2, 0.25) is 0 Å². The van der Waals surface area contributed by atoms with Crippen LogP contribution in [0.2, 0.25) is 0 Å². The first-order chi connectivity index (χ1) is 9.55. The second-order valence-electron chi connectivity index (χ2n) is 5.90. The van der Waals surface area contributed by atoms with Crippen molar-refractivity contribution in [3.05, 3.63) is 53.2 Å². The van der Waals surface area contributed by atoms with E-state index in [0.717, 1.165) is 41.9 Å². The molecule has 0 spiro atoms. The summed E-state index contributed by atoms with van der Waals surface area (Å²) in [7, 11) is 0. The second-order valence-corrected chi connectivity index (χ2v) is 5.90. The molecule has 1 fully saturated rings. The van der Waals surface area contributed by atoms with Crippen LogP contribution in [-0.2, 0) is 6.42 Å². The first kappa shape index (κ1) is 13.2. The van der Waals surface area contributed by atoms with Gasteiger partial charge in [-0.25, -0.2) is 4.39 Å². The smallest absolute Gasteiger partial charge is 0.128 e. The van der Waals surface area contributed by atoms with Crippen LogP contribution >= 0.6 is 0 Å². The van der Waals surface area contributed by atoms with Gasteiger partial charge in [0.15, 0.2) is 0 Å². The van der Waals surface area contributed by atoms with Gasteiger partial charge in [-0.2, -0.15) is 0 Å². The molecule has 2 aliphatic carbocycles. The molecule has 1 aromatic rings. The van der Waals surface area contributed by atoms with Gasteiger partial charge < -0.3 is 0 Å². The number of aromatic nitrogens is 2. The minimum absolute atomic E-state index is 0.378. The standard InChI is InChI=1S/C17H19FN2/c1-4-16(18)17(5-6-17)13-7-11(2)8-15-14(9-13)19-10-12(3)20-15/h4,7,9-10,16H,1,5-6,8H2,2-3H3.